The molecular formula is C17H20FN3O2. The number of aromatic nitrogens is 2. The Bertz CT molecular complexity index is 669. The second kappa shape index (κ2) is 7.02. The van der Waals surface area contributed by atoms with Crippen LogP contribution in [0.25, 0.3) is 6.08 Å². The lowest BCUT2D eigenvalue weighted by Gasteiger charge is -2.19. The molecule has 0 N–H and O–H groups in total. The van der Waals surface area contributed by atoms with Gasteiger partial charge in [-0.1, -0.05) is 29.4 Å². The SMILES string of the molecule is CO[C@@H]1C[C@H](c2nc(C)no2)N(C/C=C/c2ccc(F)cc2)C1. The second-order valence-corrected chi connectivity index (χ2v) is 5.70. The lowest BCUT2D eigenvalue weighted by molar-refractivity contribution is 0.109. The van der Waals surface area contributed by atoms with Crippen molar-refractivity contribution in [2.75, 3.05) is 20.2 Å². The first-order chi connectivity index (χ1) is 11.2. The maximum absolute atomic E-state index is 12.9. The van der Waals surface area contributed by atoms with Crippen molar-refractivity contribution in [1.82, 2.24) is 15.0 Å². The molecule has 0 spiro atoms. The highest BCUT2D eigenvalue weighted by Crippen LogP contribution is 2.32. The van der Waals surface area contributed by atoms with Gasteiger partial charge in [0, 0.05) is 20.2 Å². The van der Waals surface area contributed by atoms with E-state index in [1.54, 1.807) is 19.2 Å². The molecule has 1 aliphatic heterocycles. The molecule has 1 saturated heterocycles. The summed E-state index contributed by atoms with van der Waals surface area (Å²) < 4.78 is 23.7. The van der Waals surface area contributed by atoms with Gasteiger partial charge in [0.15, 0.2) is 5.82 Å². The summed E-state index contributed by atoms with van der Waals surface area (Å²) >= 11 is 0. The molecule has 2 atom stereocenters. The van der Waals surface area contributed by atoms with Crippen LogP contribution in [-0.4, -0.2) is 41.3 Å². The number of hydrogen-bond acceptors (Lipinski definition) is 5. The van der Waals surface area contributed by atoms with Crippen molar-refractivity contribution in [3.05, 3.63) is 53.4 Å². The molecule has 6 heteroatoms. The fourth-order valence-electron chi connectivity index (χ4n) is 2.84. The first kappa shape index (κ1) is 15.8. The normalized spacial score (nSPS) is 22.2. The Morgan fingerprint density at radius 3 is 2.83 bits per heavy atom. The minimum atomic E-state index is -0.226. The van der Waals surface area contributed by atoms with Crippen LogP contribution in [0.5, 0.6) is 0 Å². The van der Waals surface area contributed by atoms with Crippen LogP contribution in [0, 0.1) is 12.7 Å². The maximum Gasteiger partial charge on any atom is 0.244 e. The van der Waals surface area contributed by atoms with Crippen molar-refractivity contribution in [3.8, 4) is 0 Å². The third-order valence-corrected chi connectivity index (χ3v) is 4.05. The lowest BCUT2D eigenvalue weighted by Crippen LogP contribution is -2.25. The van der Waals surface area contributed by atoms with Crippen molar-refractivity contribution in [2.45, 2.75) is 25.5 Å². The third kappa shape index (κ3) is 3.83. The summed E-state index contributed by atoms with van der Waals surface area (Å²) in [4.78, 5) is 6.60. The van der Waals surface area contributed by atoms with Gasteiger partial charge >= 0.3 is 0 Å². The Labute approximate surface area is 134 Å². The van der Waals surface area contributed by atoms with Crippen molar-refractivity contribution >= 4 is 6.08 Å². The van der Waals surface area contributed by atoms with E-state index in [-0.39, 0.29) is 18.0 Å². The standard InChI is InChI=1S/C17H20FN3O2/c1-12-19-17(23-20-12)16-10-15(22-2)11-21(16)9-3-4-13-5-7-14(18)8-6-13/h3-8,15-16H,9-11H2,1-2H3/b4-3+/t15-,16-/m1/s1. The van der Waals surface area contributed by atoms with Gasteiger partial charge in [0.05, 0.1) is 12.1 Å². The zero-order valence-electron chi connectivity index (χ0n) is 13.3. The molecule has 1 aromatic heterocycles. The minimum absolute atomic E-state index is 0.0685. The summed E-state index contributed by atoms with van der Waals surface area (Å²) in [6, 6.07) is 6.50. The van der Waals surface area contributed by atoms with Crippen LogP contribution in [0.4, 0.5) is 4.39 Å². The van der Waals surface area contributed by atoms with Gasteiger partial charge in [-0.15, -0.1) is 0 Å². The third-order valence-electron chi connectivity index (χ3n) is 4.05. The molecule has 2 aromatic rings. The predicted molar refractivity (Wildman–Crippen MR) is 84.2 cm³/mol. The number of nitrogens with zero attached hydrogens (tertiary/aromatic N) is 3. The highest BCUT2D eigenvalue weighted by molar-refractivity contribution is 5.49. The van der Waals surface area contributed by atoms with Crippen LogP contribution in [0.15, 0.2) is 34.9 Å². The topological polar surface area (TPSA) is 51.4 Å². The van der Waals surface area contributed by atoms with Crippen LogP contribution in [0.3, 0.4) is 0 Å². The van der Waals surface area contributed by atoms with Gasteiger partial charge < -0.3 is 9.26 Å². The van der Waals surface area contributed by atoms with Gasteiger partial charge in [-0.3, -0.25) is 4.90 Å². The van der Waals surface area contributed by atoms with Gasteiger partial charge in [0.2, 0.25) is 5.89 Å². The number of hydrogen-bond donors (Lipinski definition) is 0. The fraction of sp³-hybridized carbons (Fsp3) is 0.412. The van der Waals surface area contributed by atoms with E-state index in [9.17, 15) is 4.39 Å². The van der Waals surface area contributed by atoms with Gasteiger partial charge in [-0.2, -0.15) is 4.98 Å². The van der Waals surface area contributed by atoms with E-state index in [0.717, 1.165) is 25.1 Å². The van der Waals surface area contributed by atoms with E-state index < -0.39 is 0 Å². The summed E-state index contributed by atoms with van der Waals surface area (Å²) in [6.45, 7) is 3.37. The molecule has 2 heterocycles. The molecular weight excluding hydrogens is 297 g/mol. The summed E-state index contributed by atoms with van der Waals surface area (Å²) in [7, 11) is 1.72. The first-order valence-electron chi connectivity index (χ1n) is 7.65. The minimum Gasteiger partial charge on any atom is -0.380 e. The van der Waals surface area contributed by atoms with Crippen LogP contribution in [0.1, 0.15) is 29.7 Å². The molecule has 5 nitrogen and oxygen atoms in total. The number of ether oxygens (including phenoxy) is 1. The molecule has 23 heavy (non-hydrogen) atoms. The maximum atomic E-state index is 12.9. The van der Waals surface area contributed by atoms with Crippen LogP contribution >= 0.6 is 0 Å². The van der Waals surface area contributed by atoms with Crippen molar-refractivity contribution in [2.24, 2.45) is 0 Å². The van der Waals surface area contributed by atoms with E-state index in [1.807, 2.05) is 13.0 Å². The van der Waals surface area contributed by atoms with Gasteiger partial charge in [-0.05, 0) is 31.0 Å². The lowest BCUT2D eigenvalue weighted by atomic mass is 10.2. The zero-order chi connectivity index (χ0) is 16.2. The number of aryl methyl sites for hydroxylation is 1. The number of methoxy groups -OCH3 is 1. The average Bonchev–Trinajstić information content (AvgIpc) is 3.15. The van der Waals surface area contributed by atoms with Gasteiger partial charge in [-0.25, -0.2) is 4.39 Å². The molecule has 0 radical (unpaired) electrons. The number of halogens is 1. The molecule has 1 aromatic carbocycles. The smallest absolute Gasteiger partial charge is 0.244 e. The first-order valence-corrected chi connectivity index (χ1v) is 7.65. The Balaban J connectivity index is 1.67. The summed E-state index contributed by atoms with van der Waals surface area (Å²) in [5.74, 6) is 1.05. The number of likely N-dealkylation sites (tertiary alicyclic amines) is 1. The Hall–Kier alpha value is -2.05. The van der Waals surface area contributed by atoms with Crippen molar-refractivity contribution in [1.29, 1.82) is 0 Å². The van der Waals surface area contributed by atoms with E-state index in [2.05, 4.69) is 21.1 Å². The molecule has 0 bridgehead atoms. The predicted octanol–water partition coefficient (Wildman–Crippen LogP) is 2.99. The Kier molecular flexibility index (Phi) is 4.83. The van der Waals surface area contributed by atoms with Crippen molar-refractivity contribution < 1.29 is 13.7 Å². The molecule has 122 valence electrons. The number of benzene rings is 1. The summed E-state index contributed by atoms with van der Waals surface area (Å²) in [6.07, 6.45) is 5.03. The fourth-order valence-corrected chi connectivity index (χ4v) is 2.84. The quantitative estimate of drug-likeness (QED) is 0.848. The average molecular weight is 317 g/mol. The summed E-state index contributed by atoms with van der Waals surface area (Å²) in [5, 5.41) is 3.88. The summed E-state index contributed by atoms with van der Waals surface area (Å²) in [5.41, 5.74) is 0.971. The molecule has 0 unspecified atom stereocenters. The Morgan fingerprint density at radius 2 is 2.17 bits per heavy atom. The van der Waals surface area contributed by atoms with Crippen LogP contribution in [0.2, 0.25) is 0 Å². The zero-order valence-corrected chi connectivity index (χ0v) is 13.3. The second-order valence-electron chi connectivity index (χ2n) is 5.70. The monoisotopic (exact) mass is 317 g/mol. The van der Waals surface area contributed by atoms with E-state index in [1.165, 1.54) is 12.1 Å². The molecule has 0 aliphatic carbocycles. The Morgan fingerprint density at radius 1 is 1.39 bits per heavy atom. The molecule has 0 amide bonds. The highest BCUT2D eigenvalue weighted by atomic mass is 19.1. The van der Waals surface area contributed by atoms with E-state index in [4.69, 9.17) is 9.26 Å². The number of rotatable bonds is 5. The van der Waals surface area contributed by atoms with Crippen LogP contribution < -0.4 is 0 Å². The van der Waals surface area contributed by atoms with E-state index >= 15 is 0 Å². The molecule has 1 aliphatic rings. The molecule has 0 saturated carbocycles. The van der Waals surface area contributed by atoms with Gasteiger partial charge in [0.25, 0.3) is 0 Å². The highest BCUT2D eigenvalue weighted by Gasteiger charge is 2.35. The van der Waals surface area contributed by atoms with E-state index in [0.29, 0.717) is 11.7 Å². The van der Waals surface area contributed by atoms with Gasteiger partial charge in [0.1, 0.15) is 5.82 Å². The van der Waals surface area contributed by atoms with Crippen molar-refractivity contribution in [3.63, 3.8) is 0 Å². The largest absolute Gasteiger partial charge is 0.380 e. The molecule has 1 fully saturated rings. The molecule has 3 rings (SSSR count). The van der Waals surface area contributed by atoms with Crippen LogP contribution in [-0.2, 0) is 4.74 Å².